The van der Waals surface area contributed by atoms with Crippen molar-refractivity contribution < 1.29 is 55.1 Å². The zero-order valence-electron chi connectivity index (χ0n) is 40.2. The van der Waals surface area contributed by atoms with Crippen LogP contribution < -0.4 is 0 Å². The average molecular weight is 1010 g/mol. The highest BCUT2D eigenvalue weighted by Crippen LogP contribution is 2.35. The molecule has 5 atom stereocenters. The molecule has 0 aliphatic carbocycles. The van der Waals surface area contributed by atoms with Crippen molar-refractivity contribution in [3.05, 3.63) is 261 Å². The summed E-state index contributed by atoms with van der Waals surface area (Å²) in [5.41, 5.74) is 4.98. The van der Waals surface area contributed by atoms with Crippen LogP contribution in [0.5, 0.6) is 0 Å². The summed E-state index contributed by atoms with van der Waals surface area (Å²) in [4.78, 5) is 0. The second kappa shape index (κ2) is 26.6. The number of sulfone groups is 2. The van der Waals surface area contributed by atoms with Crippen LogP contribution >= 0.6 is 0 Å². The summed E-state index contributed by atoms with van der Waals surface area (Å²) in [6, 6.07) is 56.3. The molecular weight excluding hydrogens is 953 g/mol. The van der Waals surface area contributed by atoms with Crippen LogP contribution in [0.15, 0.2) is 228 Å². The first kappa shape index (κ1) is 53.0. The zero-order chi connectivity index (χ0) is 50.6. The minimum absolute atomic E-state index is 0.00268. The largest absolute Gasteiger partial charge is 0.489 e. The fourth-order valence-corrected chi connectivity index (χ4v) is 10.8. The molecule has 1 aliphatic rings. The van der Waals surface area contributed by atoms with Gasteiger partial charge in [-0.1, -0.05) is 182 Å². The van der Waals surface area contributed by atoms with E-state index in [0.717, 1.165) is 44.2 Å². The molecule has 0 saturated carbocycles. The van der Waals surface area contributed by atoms with E-state index in [9.17, 15) is 21.9 Å². The Morgan fingerprint density at radius 1 is 0.569 bits per heavy atom. The van der Waals surface area contributed by atoms with Crippen molar-refractivity contribution >= 4 is 19.7 Å². The van der Waals surface area contributed by atoms with E-state index in [0.29, 0.717) is 0 Å². The van der Waals surface area contributed by atoms with E-state index in [1.54, 1.807) is 13.8 Å². The number of hydrogen-bond acceptors (Lipinski definition) is 12. The summed E-state index contributed by atoms with van der Waals surface area (Å²) >= 11 is 0. The maximum atomic E-state index is 14.2. The van der Waals surface area contributed by atoms with E-state index in [-0.39, 0.29) is 62.7 Å². The van der Waals surface area contributed by atoms with Gasteiger partial charge in [-0.05, 0) is 59.4 Å². The number of rotatable bonds is 26. The van der Waals surface area contributed by atoms with Crippen molar-refractivity contribution in [2.75, 3.05) is 5.08 Å². The second-order valence-electron chi connectivity index (χ2n) is 17.1. The van der Waals surface area contributed by atoms with Crippen molar-refractivity contribution in [2.24, 2.45) is 0 Å². The minimum atomic E-state index is -4.64. The molecule has 376 valence electrons. The van der Waals surface area contributed by atoms with Crippen LogP contribution in [0, 0.1) is 0 Å². The van der Waals surface area contributed by atoms with Gasteiger partial charge >= 0.3 is 0 Å². The summed E-state index contributed by atoms with van der Waals surface area (Å²) in [6.07, 6.45) is -1.94. The van der Waals surface area contributed by atoms with Gasteiger partial charge in [-0.3, -0.25) is 0 Å². The molecule has 1 aliphatic heterocycles. The van der Waals surface area contributed by atoms with Crippen LogP contribution in [0.3, 0.4) is 0 Å². The lowest BCUT2D eigenvalue weighted by atomic mass is 10.1. The molecule has 7 rings (SSSR count). The summed E-state index contributed by atoms with van der Waals surface area (Å²) in [5, 5.41) is 11.3. The molecule has 0 saturated heterocycles. The lowest BCUT2D eigenvalue weighted by Gasteiger charge is -2.34. The van der Waals surface area contributed by atoms with Crippen LogP contribution in [0.4, 0.5) is 0 Å². The maximum Gasteiger partial charge on any atom is 0.203 e. The Bertz CT molecular complexity index is 2930. The van der Waals surface area contributed by atoms with E-state index < -0.39 is 55.3 Å². The third kappa shape index (κ3) is 16.9. The Morgan fingerprint density at radius 3 is 1.49 bits per heavy atom. The first-order valence-electron chi connectivity index (χ1n) is 23.5. The summed E-state index contributed by atoms with van der Waals surface area (Å²) in [6.45, 7) is 3.84. The quantitative estimate of drug-likeness (QED) is 0.0406. The van der Waals surface area contributed by atoms with Gasteiger partial charge in [0.25, 0.3) is 0 Å². The van der Waals surface area contributed by atoms with E-state index in [2.05, 4.69) is 0 Å². The Kier molecular flexibility index (Phi) is 19.6. The average Bonchev–Trinajstić information content (AvgIpc) is 3.38. The van der Waals surface area contributed by atoms with Gasteiger partial charge in [-0.25, -0.2) is 16.8 Å². The first-order valence-corrected chi connectivity index (χ1v) is 27.0. The van der Waals surface area contributed by atoms with Gasteiger partial charge in [0.2, 0.25) is 5.76 Å². The Morgan fingerprint density at radius 2 is 1.00 bits per heavy atom. The molecular formula is C58H60O12S2. The molecule has 72 heavy (non-hydrogen) atoms. The second-order valence-corrected chi connectivity index (χ2v) is 21.2. The number of hydrogen-bond donors (Lipinski definition) is 1. The summed E-state index contributed by atoms with van der Waals surface area (Å²) in [7, 11) is -9.20. The number of aliphatic hydroxyl groups is 1. The molecule has 0 radical (unpaired) electrons. The highest BCUT2D eigenvalue weighted by atomic mass is 32.3. The van der Waals surface area contributed by atoms with Gasteiger partial charge in [-0.15, -0.1) is 0 Å². The predicted molar refractivity (Wildman–Crippen MR) is 276 cm³/mol. The van der Waals surface area contributed by atoms with Crippen LogP contribution in [0.1, 0.15) is 47.2 Å². The molecule has 5 unspecified atom stereocenters. The SMILES string of the molecule is CC(O)C(OCc1ccccc1)C(C=C(C=CS(=O)(=O)CS(=O)(=O)C=C1OC(C)C(OCc2ccccc2)C(OCc2ccccc2)=C1OCc1ccccc1)OCc1ccccc1)OCc1ccccc1. The van der Waals surface area contributed by atoms with E-state index in [4.69, 9.17) is 33.2 Å². The third-order valence-electron chi connectivity index (χ3n) is 11.2. The molecule has 0 fully saturated rings. The van der Waals surface area contributed by atoms with Crippen molar-refractivity contribution in [1.29, 1.82) is 0 Å². The molecule has 0 amide bonds. The fraction of sp³-hybridized carbons (Fsp3) is 0.241. The van der Waals surface area contributed by atoms with Crippen molar-refractivity contribution in [1.82, 2.24) is 0 Å². The van der Waals surface area contributed by atoms with Crippen molar-refractivity contribution in [2.45, 2.75) is 84.0 Å². The normalized spacial score (nSPS) is 17.3. The van der Waals surface area contributed by atoms with Gasteiger partial charge in [0.1, 0.15) is 43.9 Å². The Hall–Kier alpha value is -6.78. The molecule has 0 aromatic heterocycles. The third-order valence-corrected chi connectivity index (χ3v) is 14.9. The molecule has 0 spiro atoms. The van der Waals surface area contributed by atoms with Crippen LogP contribution in [-0.2, 0) is 92.5 Å². The Balaban J connectivity index is 1.21. The minimum Gasteiger partial charge on any atom is -0.489 e. The molecule has 0 bridgehead atoms. The molecule has 6 aromatic rings. The standard InChI is InChI=1S/C58H60O12S2/c1-44(59)55(66-38-48-25-13-5-14-26-48)53(65-37-47-23-11-4-12-24-47)35-52(64-36-46-21-9-3-10-22-46)33-34-71(60,61)43-72(62,63)42-54-57(68-40-50-29-17-7-18-30-50)58(69-41-51-31-19-8-20-32-51)56(45(2)70-54)67-39-49-27-15-6-16-28-49/h3-35,42,44-45,53,55-56,59H,36-41,43H2,1-2H3. The lowest BCUT2D eigenvalue weighted by molar-refractivity contribution is -0.112. The van der Waals surface area contributed by atoms with Crippen LogP contribution in [0.25, 0.3) is 0 Å². The van der Waals surface area contributed by atoms with Crippen LogP contribution in [0.2, 0.25) is 0 Å². The first-order chi connectivity index (χ1) is 34.9. The zero-order valence-corrected chi connectivity index (χ0v) is 41.9. The molecule has 14 heteroatoms. The predicted octanol–water partition coefficient (Wildman–Crippen LogP) is 10.4. The van der Waals surface area contributed by atoms with Gasteiger partial charge in [0.05, 0.1) is 31.3 Å². The highest BCUT2D eigenvalue weighted by Gasteiger charge is 2.39. The maximum absolute atomic E-state index is 14.2. The molecule has 12 nitrogen and oxygen atoms in total. The Labute approximate surface area is 423 Å². The number of ether oxygens (including phenoxy) is 7. The summed E-state index contributed by atoms with van der Waals surface area (Å²) in [5.74, 6) is -0.0852. The number of allylic oxidation sites excluding steroid dienone is 1. The highest BCUT2D eigenvalue weighted by molar-refractivity contribution is 8.10. The molecule has 6 aromatic carbocycles. The topological polar surface area (TPSA) is 153 Å². The van der Waals surface area contributed by atoms with E-state index in [1.165, 1.54) is 12.2 Å². The fourth-order valence-electron chi connectivity index (χ4n) is 7.56. The van der Waals surface area contributed by atoms with Crippen molar-refractivity contribution in [3.63, 3.8) is 0 Å². The van der Waals surface area contributed by atoms with Crippen LogP contribution in [-0.4, -0.2) is 57.5 Å². The van der Waals surface area contributed by atoms with Gasteiger partial charge < -0.3 is 38.3 Å². The van der Waals surface area contributed by atoms with Gasteiger partial charge in [0.15, 0.2) is 42.4 Å². The summed E-state index contributed by atoms with van der Waals surface area (Å²) < 4.78 is 101. The van der Waals surface area contributed by atoms with Gasteiger partial charge in [-0.2, -0.15) is 0 Å². The molecule has 1 heterocycles. The smallest absolute Gasteiger partial charge is 0.203 e. The lowest BCUT2D eigenvalue weighted by Crippen LogP contribution is -2.39. The van der Waals surface area contributed by atoms with E-state index >= 15 is 0 Å². The monoisotopic (exact) mass is 1010 g/mol. The van der Waals surface area contributed by atoms with E-state index in [1.807, 2.05) is 182 Å². The molecule has 1 N–H and O–H groups in total. The van der Waals surface area contributed by atoms with Crippen molar-refractivity contribution in [3.8, 4) is 0 Å². The number of benzene rings is 6. The van der Waals surface area contributed by atoms with Gasteiger partial charge in [0, 0.05) is 5.41 Å². The number of aliphatic hydroxyl groups excluding tert-OH is 1.